The van der Waals surface area contributed by atoms with Crippen molar-refractivity contribution in [2.75, 3.05) is 12.8 Å². The van der Waals surface area contributed by atoms with Crippen LogP contribution in [0.15, 0.2) is 0 Å². The monoisotopic (exact) mass is 339 g/mol. The normalized spacial score (nSPS) is 25.8. The van der Waals surface area contributed by atoms with Gasteiger partial charge >= 0.3 is 0 Å². The van der Waals surface area contributed by atoms with Crippen LogP contribution in [0.3, 0.4) is 0 Å². The first kappa shape index (κ1) is 16.0. The van der Waals surface area contributed by atoms with E-state index in [4.69, 9.17) is 0 Å². The van der Waals surface area contributed by atoms with Crippen molar-refractivity contribution in [2.45, 2.75) is 49.1 Å². The number of sulfone groups is 1. The molecule has 1 fully saturated rings. The molecule has 1 aliphatic rings. The van der Waals surface area contributed by atoms with Gasteiger partial charge in [0.1, 0.15) is 4.75 Å². The average molecular weight is 340 g/mol. The highest BCUT2D eigenvalue weighted by atomic mass is 79.9. The maximum atomic E-state index is 11.9. The van der Waals surface area contributed by atoms with Crippen molar-refractivity contribution in [3.05, 3.63) is 0 Å². The van der Waals surface area contributed by atoms with Gasteiger partial charge in [-0.3, -0.25) is 4.79 Å². The molecule has 1 saturated carbocycles. The van der Waals surface area contributed by atoms with E-state index in [1.807, 2.05) is 0 Å². The lowest BCUT2D eigenvalue weighted by Gasteiger charge is -2.27. The Morgan fingerprint density at radius 1 is 1.28 bits per heavy atom. The molecule has 0 aromatic rings. The van der Waals surface area contributed by atoms with Crippen LogP contribution in [-0.2, 0) is 14.6 Å². The Balaban J connectivity index is 2.47. The van der Waals surface area contributed by atoms with Gasteiger partial charge in [0.05, 0.1) is 0 Å². The molecule has 1 amide bonds. The Bertz CT molecular complexity index is 398. The zero-order valence-corrected chi connectivity index (χ0v) is 13.6. The quantitative estimate of drug-likeness (QED) is 0.795. The second-order valence-corrected chi connectivity index (χ2v) is 9.47. The van der Waals surface area contributed by atoms with Gasteiger partial charge < -0.3 is 5.32 Å². The number of amides is 1. The average Bonchev–Trinajstić information content (AvgIpc) is 2.26. The van der Waals surface area contributed by atoms with Crippen molar-refractivity contribution >= 4 is 31.7 Å². The van der Waals surface area contributed by atoms with E-state index in [0.717, 1.165) is 31.9 Å². The van der Waals surface area contributed by atoms with Crippen LogP contribution in [0.2, 0.25) is 0 Å². The molecule has 4 nitrogen and oxygen atoms in total. The zero-order valence-electron chi connectivity index (χ0n) is 11.2. The molecule has 1 aliphatic carbocycles. The summed E-state index contributed by atoms with van der Waals surface area (Å²) < 4.78 is 21.7. The smallest absolute Gasteiger partial charge is 0.240 e. The van der Waals surface area contributed by atoms with Gasteiger partial charge in [0.15, 0.2) is 9.84 Å². The summed E-state index contributed by atoms with van der Waals surface area (Å²) >= 11 is 3.59. The minimum absolute atomic E-state index is 0.397. The molecule has 0 aromatic heterocycles. The lowest BCUT2D eigenvalue weighted by Crippen LogP contribution is -2.48. The van der Waals surface area contributed by atoms with E-state index in [-0.39, 0.29) is 0 Å². The third-order valence-corrected chi connectivity index (χ3v) is 6.76. The summed E-state index contributed by atoms with van der Waals surface area (Å²) in [4.78, 5) is 12.5. The summed E-state index contributed by atoms with van der Waals surface area (Å²) in [6.45, 7) is 3.48. The first-order valence-corrected chi connectivity index (χ1v) is 9.07. The fourth-order valence-electron chi connectivity index (χ4n) is 1.94. The minimum Gasteiger partial charge on any atom is -0.354 e. The molecule has 106 valence electrons. The van der Waals surface area contributed by atoms with Crippen LogP contribution in [0.4, 0.5) is 0 Å². The van der Waals surface area contributed by atoms with Gasteiger partial charge in [-0.25, -0.2) is 8.42 Å². The predicted octanol–water partition coefficient (Wildman–Crippen LogP) is 1.88. The van der Waals surface area contributed by atoms with Gasteiger partial charge in [0.2, 0.25) is 5.91 Å². The van der Waals surface area contributed by atoms with E-state index < -0.39 is 20.5 Å². The van der Waals surface area contributed by atoms with E-state index in [0.29, 0.717) is 17.3 Å². The summed E-state index contributed by atoms with van der Waals surface area (Å²) in [5.41, 5.74) is 0. The van der Waals surface area contributed by atoms with Gasteiger partial charge in [-0.05, 0) is 45.4 Å². The van der Waals surface area contributed by atoms with Crippen molar-refractivity contribution < 1.29 is 13.2 Å². The number of carbonyl (C=O) groups is 1. The number of rotatable bonds is 4. The highest BCUT2D eigenvalue weighted by Crippen LogP contribution is 2.28. The summed E-state index contributed by atoms with van der Waals surface area (Å²) in [6, 6.07) is 0. The molecule has 0 heterocycles. The minimum atomic E-state index is -3.38. The largest absolute Gasteiger partial charge is 0.354 e. The van der Waals surface area contributed by atoms with E-state index in [1.54, 1.807) is 0 Å². The molecule has 0 aliphatic heterocycles. The molecule has 0 atom stereocenters. The van der Waals surface area contributed by atoms with Crippen LogP contribution in [0, 0.1) is 5.92 Å². The molecule has 0 aromatic carbocycles. The van der Waals surface area contributed by atoms with E-state index in [2.05, 4.69) is 21.2 Å². The Morgan fingerprint density at radius 3 is 2.22 bits per heavy atom. The summed E-state index contributed by atoms with van der Waals surface area (Å²) in [7, 11) is -3.38. The Hall–Kier alpha value is -0.100. The molecule has 0 bridgehead atoms. The number of halogens is 1. The summed E-state index contributed by atoms with van der Waals surface area (Å²) in [6.07, 6.45) is 5.50. The number of hydrogen-bond donors (Lipinski definition) is 1. The number of carbonyl (C=O) groups excluding carboxylic acids is 1. The first-order chi connectivity index (χ1) is 8.14. The standard InChI is InChI=1S/C12H22BrNO3S/c1-12(2,18(3,16)17)11(15)14-8-9-4-6-10(13)7-5-9/h9-10H,4-8H2,1-3H3,(H,14,15). The topological polar surface area (TPSA) is 63.2 Å². The van der Waals surface area contributed by atoms with Crippen LogP contribution >= 0.6 is 15.9 Å². The zero-order chi connectivity index (χ0) is 14.0. The van der Waals surface area contributed by atoms with Crippen LogP contribution in [0.5, 0.6) is 0 Å². The number of alkyl halides is 1. The highest BCUT2D eigenvalue weighted by molar-refractivity contribution is 9.09. The lowest BCUT2D eigenvalue weighted by atomic mass is 9.89. The Morgan fingerprint density at radius 2 is 1.78 bits per heavy atom. The predicted molar refractivity (Wildman–Crippen MR) is 76.6 cm³/mol. The Kier molecular flexibility index (Phi) is 5.23. The van der Waals surface area contributed by atoms with Crippen LogP contribution in [0.1, 0.15) is 39.5 Å². The van der Waals surface area contributed by atoms with E-state index in [9.17, 15) is 13.2 Å². The molecule has 1 N–H and O–H groups in total. The van der Waals surface area contributed by atoms with Crippen LogP contribution in [-0.4, -0.2) is 36.7 Å². The second kappa shape index (κ2) is 5.90. The van der Waals surface area contributed by atoms with Crippen molar-refractivity contribution in [2.24, 2.45) is 5.92 Å². The molecule has 18 heavy (non-hydrogen) atoms. The number of hydrogen-bond acceptors (Lipinski definition) is 3. The molecule has 1 rings (SSSR count). The van der Waals surface area contributed by atoms with Crippen molar-refractivity contribution in [1.82, 2.24) is 5.32 Å². The van der Waals surface area contributed by atoms with Crippen molar-refractivity contribution in [3.63, 3.8) is 0 Å². The van der Waals surface area contributed by atoms with Gasteiger partial charge in [0.25, 0.3) is 0 Å². The molecule has 0 radical (unpaired) electrons. The summed E-state index contributed by atoms with van der Waals surface area (Å²) in [5, 5.41) is 2.78. The van der Waals surface area contributed by atoms with Crippen LogP contribution in [0.25, 0.3) is 0 Å². The second-order valence-electron chi connectivity index (χ2n) is 5.61. The maximum absolute atomic E-state index is 11.9. The molecule has 6 heteroatoms. The third kappa shape index (κ3) is 3.95. The van der Waals surface area contributed by atoms with Gasteiger partial charge in [-0.1, -0.05) is 15.9 Å². The molecule has 0 saturated heterocycles. The SMILES string of the molecule is CC(C)(C(=O)NCC1CCC(Br)CC1)S(C)(=O)=O. The van der Waals surface area contributed by atoms with E-state index in [1.165, 1.54) is 13.8 Å². The first-order valence-electron chi connectivity index (χ1n) is 6.26. The number of nitrogens with one attached hydrogen (secondary N) is 1. The van der Waals surface area contributed by atoms with Crippen molar-refractivity contribution in [3.8, 4) is 0 Å². The third-order valence-electron chi connectivity index (χ3n) is 3.80. The fourth-order valence-corrected chi connectivity index (χ4v) is 2.88. The lowest BCUT2D eigenvalue weighted by molar-refractivity contribution is -0.123. The van der Waals surface area contributed by atoms with Crippen molar-refractivity contribution in [1.29, 1.82) is 0 Å². The maximum Gasteiger partial charge on any atom is 0.240 e. The molecule has 0 unspecified atom stereocenters. The highest BCUT2D eigenvalue weighted by Gasteiger charge is 2.38. The van der Waals surface area contributed by atoms with Gasteiger partial charge in [-0.2, -0.15) is 0 Å². The summed E-state index contributed by atoms with van der Waals surface area (Å²) in [5.74, 6) is 0.0732. The molecular weight excluding hydrogens is 318 g/mol. The van der Waals surface area contributed by atoms with E-state index >= 15 is 0 Å². The fraction of sp³-hybridized carbons (Fsp3) is 0.917. The van der Waals surface area contributed by atoms with Gasteiger partial charge in [0, 0.05) is 17.6 Å². The molecular formula is C12H22BrNO3S. The Labute approximate surface area is 118 Å². The van der Waals surface area contributed by atoms with Gasteiger partial charge in [-0.15, -0.1) is 0 Å². The molecule has 0 spiro atoms. The van der Waals surface area contributed by atoms with Crippen LogP contribution < -0.4 is 5.32 Å².